The molecule has 21 heavy (non-hydrogen) atoms. The third-order valence-electron chi connectivity index (χ3n) is 3.57. The molecule has 1 atom stereocenters. The zero-order chi connectivity index (χ0) is 16.0. The summed E-state index contributed by atoms with van der Waals surface area (Å²) in [6, 6.07) is 0. The zero-order valence-electron chi connectivity index (χ0n) is 11.5. The SMILES string of the molecule is CC(C)C(C)(Cc1nn2c(C(F)(F)F)nnc2s1)C(=O)O. The summed E-state index contributed by atoms with van der Waals surface area (Å²) in [6.07, 6.45) is -4.62. The van der Waals surface area contributed by atoms with Crippen molar-refractivity contribution in [3.8, 4) is 0 Å². The summed E-state index contributed by atoms with van der Waals surface area (Å²) in [5, 5.41) is 19.9. The summed E-state index contributed by atoms with van der Waals surface area (Å²) >= 11 is 0.911. The van der Waals surface area contributed by atoms with E-state index in [1.54, 1.807) is 20.8 Å². The van der Waals surface area contributed by atoms with E-state index in [9.17, 15) is 23.1 Å². The number of carboxylic acids is 1. The van der Waals surface area contributed by atoms with Gasteiger partial charge in [-0.05, 0) is 12.8 Å². The van der Waals surface area contributed by atoms with Gasteiger partial charge >= 0.3 is 12.1 Å². The summed E-state index contributed by atoms with van der Waals surface area (Å²) < 4.78 is 38.7. The topological polar surface area (TPSA) is 80.4 Å². The van der Waals surface area contributed by atoms with Gasteiger partial charge in [-0.1, -0.05) is 25.2 Å². The number of carboxylic acid groups (broad SMARTS) is 1. The number of aliphatic carboxylic acids is 1. The molecule has 0 aliphatic carbocycles. The lowest BCUT2D eigenvalue weighted by Crippen LogP contribution is -2.35. The molecule has 10 heteroatoms. The maximum absolute atomic E-state index is 12.7. The van der Waals surface area contributed by atoms with Crippen LogP contribution in [0.4, 0.5) is 13.2 Å². The van der Waals surface area contributed by atoms with Gasteiger partial charge in [0, 0.05) is 6.42 Å². The van der Waals surface area contributed by atoms with E-state index in [1.165, 1.54) is 0 Å². The van der Waals surface area contributed by atoms with Crippen LogP contribution >= 0.6 is 11.3 Å². The number of halogens is 3. The predicted molar refractivity (Wildman–Crippen MR) is 67.9 cm³/mol. The van der Waals surface area contributed by atoms with Crippen LogP contribution in [-0.4, -0.2) is 30.9 Å². The molecule has 2 aromatic rings. The summed E-state index contributed by atoms with van der Waals surface area (Å²) in [7, 11) is 0. The van der Waals surface area contributed by atoms with Crippen molar-refractivity contribution in [2.45, 2.75) is 33.4 Å². The van der Waals surface area contributed by atoms with E-state index in [1.807, 2.05) is 0 Å². The monoisotopic (exact) mass is 322 g/mol. The standard InChI is InChI=1S/C11H13F3N4O2S/c1-5(2)10(3,8(19)20)4-6-17-18-7(11(12,13)14)15-16-9(18)21-6/h5H,4H2,1-3H3,(H,19,20). The molecular weight excluding hydrogens is 309 g/mol. The summed E-state index contributed by atoms with van der Waals surface area (Å²) in [5.74, 6) is -2.42. The molecule has 0 bridgehead atoms. The fourth-order valence-electron chi connectivity index (χ4n) is 1.75. The first-order chi connectivity index (χ1) is 9.55. The molecule has 0 aliphatic rings. The second-order valence-electron chi connectivity index (χ2n) is 5.27. The Morgan fingerprint density at radius 1 is 1.38 bits per heavy atom. The lowest BCUT2D eigenvalue weighted by Gasteiger charge is -2.27. The molecular formula is C11H13F3N4O2S. The predicted octanol–water partition coefficient (Wildman–Crippen LogP) is 2.49. The molecule has 0 aromatic carbocycles. The average Bonchev–Trinajstić information content (AvgIpc) is 2.85. The molecule has 0 amide bonds. The van der Waals surface area contributed by atoms with Crippen LogP contribution in [0.25, 0.3) is 4.96 Å². The smallest absolute Gasteiger partial charge is 0.453 e. The number of hydrogen-bond donors (Lipinski definition) is 1. The van der Waals surface area contributed by atoms with Crippen molar-refractivity contribution >= 4 is 22.3 Å². The van der Waals surface area contributed by atoms with Crippen LogP contribution in [0.5, 0.6) is 0 Å². The van der Waals surface area contributed by atoms with Crippen LogP contribution in [0, 0.1) is 11.3 Å². The van der Waals surface area contributed by atoms with E-state index >= 15 is 0 Å². The van der Waals surface area contributed by atoms with Gasteiger partial charge in [0.25, 0.3) is 5.82 Å². The molecule has 2 rings (SSSR count). The molecule has 0 saturated carbocycles. The van der Waals surface area contributed by atoms with Crippen molar-refractivity contribution in [3.63, 3.8) is 0 Å². The highest BCUT2D eigenvalue weighted by molar-refractivity contribution is 7.16. The third kappa shape index (κ3) is 2.71. The van der Waals surface area contributed by atoms with E-state index in [2.05, 4.69) is 15.3 Å². The Labute approximate surface area is 121 Å². The molecule has 0 aliphatic heterocycles. The van der Waals surface area contributed by atoms with Gasteiger partial charge in [-0.3, -0.25) is 4.79 Å². The van der Waals surface area contributed by atoms with E-state index in [0.717, 1.165) is 11.3 Å². The lowest BCUT2D eigenvalue weighted by molar-refractivity contribution is -0.150. The highest BCUT2D eigenvalue weighted by atomic mass is 32.1. The molecule has 116 valence electrons. The minimum Gasteiger partial charge on any atom is -0.481 e. The van der Waals surface area contributed by atoms with Crippen molar-refractivity contribution in [1.82, 2.24) is 19.8 Å². The van der Waals surface area contributed by atoms with Crippen LogP contribution in [0.2, 0.25) is 0 Å². The normalized spacial score (nSPS) is 15.6. The van der Waals surface area contributed by atoms with Crippen molar-refractivity contribution in [1.29, 1.82) is 0 Å². The van der Waals surface area contributed by atoms with Crippen LogP contribution < -0.4 is 0 Å². The molecule has 1 N–H and O–H groups in total. The van der Waals surface area contributed by atoms with Gasteiger partial charge in [-0.15, -0.1) is 10.2 Å². The number of fused-ring (bicyclic) bond motifs is 1. The highest BCUT2D eigenvalue weighted by Crippen LogP contribution is 2.34. The number of nitrogens with zero attached hydrogens (tertiary/aromatic N) is 4. The van der Waals surface area contributed by atoms with Gasteiger partial charge in [-0.25, -0.2) is 0 Å². The molecule has 6 nitrogen and oxygen atoms in total. The van der Waals surface area contributed by atoms with E-state index < -0.39 is 23.4 Å². The van der Waals surface area contributed by atoms with Crippen LogP contribution in [-0.2, 0) is 17.4 Å². The Hall–Kier alpha value is -1.71. The largest absolute Gasteiger partial charge is 0.481 e. The lowest BCUT2D eigenvalue weighted by atomic mass is 9.76. The number of aromatic nitrogens is 4. The number of rotatable bonds is 4. The first kappa shape index (κ1) is 15.7. The van der Waals surface area contributed by atoms with Crippen molar-refractivity contribution in [2.75, 3.05) is 0 Å². The minimum atomic E-state index is -4.65. The van der Waals surface area contributed by atoms with Gasteiger partial charge < -0.3 is 5.11 Å². The van der Waals surface area contributed by atoms with E-state index in [-0.39, 0.29) is 22.3 Å². The third-order valence-corrected chi connectivity index (χ3v) is 4.47. The highest BCUT2D eigenvalue weighted by Gasteiger charge is 2.40. The molecule has 1 unspecified atom stereocenters. The Morgan fingerprint density at radius 2 is 2.00 bits per heavy atom. The maximum Gasteiger partial charge on any atom is 0.453 e. The van der Waals surface area contributed by atoms with Crippen molar-refractivity contribution in [3.05, 3.63) is 10.8 Å². The number of carbonyl (C=O) groups is 1. The van der Waals surface area contributed by atoms with Gasteiger partial charge in [-0.2, -0.15) is 22.8 Å². The summed E-state index contributed by atoms with van der Waals surface area (Å²) in [5.41, 5.74) is -1.11. The van der Waals surface area contributed by atoms with Crippen LogP contribution in [0.3, 0.4) is 0 Å². The molecule has 0 radical (unpaired) electrons. The van der Waals surface area contributed by atoms with Crippen molar-refractivity contribution < 1.29 is 23.1 Å². The average molecular weight is 322 g/mol. The summed E-state index contributed by atoms with van der Waals surface area (Å²) in [6.45, 7) is 5.04. The first-order valence-corrected chi connectivity index (χ1v) is 6.89. The quantitative estimate of drug-likeness (QED) is 0.935. The fourth-order valence-corrected chi connectivity index (χ4v) is 2.75. The maximum atomic E-state index is 12.7. The Balaban J connectivity index is 2.41. The first-order valence-electron chi connectivity index (χ1n) is 6.07. The molecule has 0 spiro atoms. The molecule has 0 fully saturated rings. The summed E-state index contributed by atoms with van der Waals surface area (Å²) in [4.78, 5) is 11.4. The number of hydrogen-bond acceptors (Lipinski definition) is 5. The van der Waals surface area contributed by atoms with E-state index in [0.29, 0.717) is 4.52 Å². The molecule has 2 aromatic heterocycles. The van der Waals surface area contributed by atoms with Gasteiger partial charge in [0.2, 0.25) is 4.96 Å². The van der Waals surface area contributed by atoms with Crippen LogP contribution in [0.1, 0.15) is 31.6 Å². The van der Waals surface area contributed by atoms with E-state index in [4.69, 9.17) is 0 Å². The Bertz CT molecular complexity index is 679. The fraction of sp³-hybridized carbons (Fsp3) is 0.636. The van der Waals surface area contributed by atoms with Crippen LogP contribution in [0.15, 0.2) is 0 Å². The Kier molecular flexibility index (Phi) is 3.68. The van der Waals surface area contributed by atoms with Crippen molar-refractivity contribution in [2.24, 2.45) is 11.3 Å². The molecule has 2 heterocycles. The second-order valence-corrected chi connectivity index (χ2v) is 6.31. The Morgan fingerprint density at radius 3 is 2.48 bits per heavy atom. The van der Waals surface area contributed by atoms with Gasteiger partial charge in [0.1, 0.15) is 5.01 Å². The van der Waals surface area contributed by atoms with Gasteiger partial charge in [0.15, 0.2) is 0 Å². The molecule has 0 saturated heterocycles. The van der Waals surface area contributed by atoms with Gasteiger partial charge in [0.05, 0.1) is 5.41 Å². The minimum absolute atomic E-state index is 0.00572. The zero-order valence-corrected chi connectivity index (χ0v) is 12.3. The second kappa shape index (κ2) is 4.93. The number of alkyl halides is 3.